The molecule has 4 heteroatoms. The van der Waals surface area contributed by atoms with Crippen LogP contribution in [-0.2, 0) is 11.3 Å². The van der Waals surface area contributed by atoms with Gasteiger partial charge in [-0.2, -0.15) is 0 Å². The number of ether oxygens (including phenoxy) is 1. The van der Waals surface area contributed by atoms with Crippen LogP contribution in [0, 0.1) is 0 Å². The van der Waals surface area contributed by atoms with Crippen LogP contribution in [0.1, 0.15) is 15.2 Å². The fourth-order valence-electron chi connectivity index (χ4n) is 2.02. The molecule has 0 atom stereocenters. The van der Waals surface area contributed by atoms with Crippen molar-refractivity contribution in [3.63, 3.8) is 0 Å². The lowest BCUT2D eigenvalue weighted by Crippen LogP contribution is -2.02. The van der Waals surface area contributed by atoms with Gasteiger partial charge in [-0.1, -0.05) is 30.3 Å². The van der Waals surface area contributed by atoms with Crippen LogP contribution in [0.15, 0.2) is 59.5 Å². The molecule has 0 bridgehead atoms. The van der Waals surface area contributed by atoms with E-state index in [9.17, 15) is 4.79 Å². The maximum Gasteiger partial charge on any atom is 0.348 e. The largest absolute Gasteiger partial charge is 0.457 e. The second kappa shape index (κ2) is 6.33. The van der Waals surface area contributed by atoms with Crippen LogP contribution < -0.4 is 0 Å². The number of carbonyl (C=O) groups is 1. The SMILES string of the molecule is CSc1ccc(COC(=O)c2cc3ccccc3s2)cc1. The number of hydrogen-bond acceptors (Lipinski definition) is 4. The summed E-state index contributed by atoms with van der Waals surface area (Å²) in [4.78, 5) is 13.9. The monoisotopic (exact) mass is 314 g/mol. The Bertz CT molecular complexity index is 727. The molecule has 0 fully saturated rings. The smallest absolute Gasteiger partial charge is 0.348 e. The zero-order valence-electron chi connectivity index (χ0n) is 11.5. The predicted molar refractivity (Wildman–Crippen MR) is 89.2 cm³/mol. The fourth-order valence-corrected chi connectivity index (χ4v) is 3.39. The normalized spacial score (nSPS) is 10.7. The maximum atomic E-state index is 12.1. The lowest BCUT2D eigenvalue weighted by atomic mass is 10.2. The van der Waals surface area contributed by atoms with Gasteiger partial charge in [0.15, 0.2) is 0 Å². The van der Waals surface area contributed by atoms with Crippen LogP contribution in [0.2, 0.25) is 0 Å². The van der Waals surface area contributed by atoms with Crippen molar-refractivity contribution < 1.29 is 9.53 Å². The highest BCUT2D eigenvalue weighted by Gasteiger charge is 2.11. The topological polar surface area (TPSA) is 26.3 Å². The van der Waals surface area contributed by atoms with Gasteiger partial charge in [0.25, 0.3) is 0 Å². The average molecular weight is 314 g/mol. The molecule has 21 heavy (non-hydrogen) atoms. The predicted octanol–water partition coefficient (Wildman–Crippen LogP) is 4.98. The minimum Gasteiger partial charge on any atom is -0.457 e. The highest BCUT2D eigenvalue weighted by atomic mass is 32.2. The van der Waals surface area contributed by atoms with Gasteiger partial charge in [-0.15, -0.1) is 23.1 Å². The fraction of sp³-hybridized carbons (Fsp3) is 0.118. The van der Waals surface area contributed by atoms with Gasteiger partial charge >= 0.3 is 5.97 Å². The highest BCUT2D eigenvalue weighted by molar-refractivity contribution is 7.98. The van der Waals surface area contributed by atoms with Gasteiger partial charge in [-0.25, -0.2) is 4.79 Å². The lowest BCUT2D eigenvalue weighted by Gasteiger charge is -2.04. The molecule has 3 aromatic rings. The first kappa shape index (κ1) is 14.2. The summed E-state index contributed by atoms with van der Waals surface area (Å²) in [7, 11) is 0. The molecule has 1 aromatic heterocycles. The quantitative estimate of drug-likeness (QED) is 0.502. The van der Waals surface area contributed by atoms with E-state index in [4.69, 9.17) is 4.74 Å². The lowest BCUT2D eigenvalue weighted by molar-refractivity contribution is 0.0478. The number of esters is 1. The molecule has 3 rings (SSSR count). The van der Waals surface area contributed by atoms with Crippen molar-refractivity contribution in [2.24, 2.45) is 0 Å². The molecule has 0 amide bonds. The summed E-state index contributed by atoms with van der Waals surface area (Å²) in [6.45, 7) is 0.307. The number of carbonyl (C=O) groups excluding carboxylic acids is 1. The molecule has 0 saturated heterocycles. The van der Waals surface area contributed by atoms with Crippen molar-refractivity contribution in [3.8, 4) is 0 Å². The van der Waals surface area contributed by atoms with Gasteiger partial charge in [0.1, 0.15) is 11.5 Å². The van der Waals surface area contributed by atoms with Crippen LogP contribution in [0.25, 0.3) is 10.1 Å². The van der Waals surface area contributed by atoms with Crippen molar-refractivity contribution in [1.82, 2.24) is 0 Å². The summed E-state index contributed by atoms with van der Waals surface area (Å²) in [6, 6.07) is 17.9. The summed E-state index contributed by atoms with van der Waals surface area (Å²) in [5, 5.41) is 1.08. The summed E-state index contributed by atoms with van der Waals surface area (Å²) < 4.78 is 6.49. The first-order chi connectivity index (χ1) is 10.3. The molecule has 0 spiro atoms. The minimum absolute atomic E-state index is 0.259. The van der Waals surface area contributed by atoms with Gasteiger partial charge in [0, 0.05) is 9.60 Å². The Kier molecular flexibility index (Phi) is 4.27. The van der Waals surface area contributed by atoms with Gasteiger partial charge in [-0.05, 0) is 41.5 Å². The molecule has 0 aliphatic carbocycles. The molecule has 2 aromatic carbocycles. The zero-order chi connectivity index (χ0) is 14.7. The Morgan fingerprint density at radius 3 is 2.62 bits per heavy atom. The zero-order valence-corrected chi connectivity index (χ0v) is 13.2. The van der Waals surface area contributed by atoms with E-state index in [1.165, 1.54) is 16.2 Å². The third kappa shape index (κ3) is 3.28. The van der Waals surface area contributed by atoms with E-state index in [1.54, 1.807) is 11.8 Å². The highest BCUT2D eigenvalue weighted by Crippen LogP contribution is 2.26. The Labute approximate surface area is 131 Å². The first-order valence-electron chi connectivity index (χ1n) is 6.55. The Hall–Kier alpha value is -1.78. The average Bonchev–Trinajstić information content (AvgIpc) is 2.97. The molecular weight excluding hydrogens is 300 g/mol. The van der Waals surface area contributed by atoms with Crippen molar-refractivity contribution in [3.05, 3.63) is 65.0 Å². The van der Waals surface area contributed by atoms with E-state index in [2.05, 4.69) is 0 Å². The first-order valence-corrected chi connectivity index (χ1v) is 8.59. The van der Waals surface area contributed by atoms with Crippen molar-refractivity contribution in [2.75, 3.05) is 6.26 Å². The summed E-state index contributed by atoms with van der Waals surface area (Å²) in [6.07, 6.45) is 2.04. The summed E-state index contributed by atoms with van der Waals surface area (Å²) >= 11 is 3.16. The number of thioether (sulfide) groups is 1. The molecule has 0 N–H and O–H groups in total. The molecule has 0 radical (unpaired) electrons. The number of hydrogen-bond donors (Lipinski definition) is 0. The van der Waals surface area contributed by atoms with E-state index in [0.717, 1.165) is 15.6 Å². The molecule has 106 valence electrons. The van der Waals surface area contributed by atoms with E-state index < -0.39 is 0 Å². The molecule has 1 heterocycles. The maximum absolute atomic E-state index is 12.1. The summed E-state index contributed by atoms with van der Waals surface area (Å²) in [5.74, 6) is -0.259. The number of rotatable bonds is 4. The van der Waals surface area contributed by atoms with Gasteiger partial charge in [0.05, 0.1) is 0 Å². The van der Waals surface area contributed by atoms with Crippen LogP contribution in [0.3, 0.4) is 0 Å². The molecule has 0 saturated carbocycles. The van der Waals surface area contributed by atoms with Crippen molar-refractivity contribution in [2.45, 2.75) is 11.5 Å². The number of benzene rings is 2. The van der Waals surface area contributed by atoms with Crippen molar-refractivity contribution >= 4 is 39.2 Å². The minimum atomic E-state index is -0.259. The Morgan fingerprint density at radius 1 is 1.14 bits per heavy atom. The molecule has 0 unspecified atom stereocenters. The molecule has 0 aliphatic rings. The van der Waals surface area contributed by atoms with Gasteiger partial charge < -0.3 is 4.74 Å². The number of thiophene rings is 1. The van der Waals surface area contributed by atoms with E-state index in [-0.39, 0.29) is 5.97 Å². The molecular formula is C17H14O2S2. The van der Waals surface area contributed by atoms with E-state index >= 15 is 0 Å². The second-order valence-electron chi connectivity index (χ2n) is 4.57. The Morgan fingerprint density at radius 2 is 1.90 bits per heavy atom. The van der Waals surface area contributed by atoms with Gasteiger partial charge in [-0.3, -0.25) is 0 Å². The van der Waals surface area contributed by atoms with Crippen molar-refractivity contribution in [1.29, 1.82) is 0 Å². The van der Waals surface area contributed by atoms with Crippen LogP contribution in [0.4, 0.5) is 0 Å². The summed E-state index contributed by atoms with van der Waals surface area (Å²) in [5.41, 5.74) is 1.00. The number of fused-ring (bicyclic) bond motifs is 1. The second-order valence-corrected chi connectivity index (χ2v) is 6.54. The van der Waals surface area contributed by atoms with E-state index in [0.29, 0.717) is 11.5 Å². The third-order valence-electron chi connectivity index (χ3n) is 3.16. The van der Waals surface area contributed by atoms with Crippen LogP contribution in [0.5, 0.6) is 0 Å². The van der Waals surface area contributed by atoms with Crippen LogP contribution in [-0.4, -0.2) is 12.2 Å². The molecule has 0 aliphatic heterocycles. The van der Waals surface area contributed by atoms with Gasteiger partial charge in [0.2, 0.25) is 0 Å². The standard InChI is InChI=1S/C17H14O2S2/c1-20-14-8-6-12(7-9-14)11-19-17(18)16-10-13-4-2-3-5-15(13)21-16/h2-10H,11H2,1H3. The Balaban J connectivity index is 1.68. The third-order valence-corrected chi connectivity index (χ3v) is 5.00. The van der Waals surface area contributed by atoms with E-state index in [1.807, 2.05) is 60.9 Å². The van der Waals surface area contributed by atoms with Crippen LogP contribution >= 0.6 is 23.1 Å². The molecule has 2 nitrogen and oxygen atoms in total.